The molecule has 2 aromatic rings. The van der Waals surface area contributed by atoms with Gasteiger partial charge in [0.05, 0.1) is 12.4 Å². The molecular weight excluding hydrogens is 352 g/mol. The average Bonchev–Trinajstić information content (AvgIpc) is 2.62. The summed E-state index contributed by atoms with van der Waals surface area (Å²) in [7, 11) is 0. The minimum atomic E-state index is -0.450. The smallest absolute Gasteiger partial charge is 0.252 e. The van der Waals surface area contributed by atoms with Gasteiger partial charge in [-0.1, -0.05) is 31.0 Å². The summed E-state index contributed by atoms with van der Waals surface area (Å²) in [6, 6.07) is 7.27. The van der Waals surface area contributed by atoms with Crippen LogP contribution in [0.5, 0.6) is 0 Å². The highest BCUT2D eigenvalue weighted by atomic mass is 35.5. The van der Waals surface area contributed by atoms with E-state index in [1.54, 1.807) is 0 Å². The molecule has 7 heteroatoms. The fourth-order valence-corrected chi connectivity index (χ4v) is 3.57. The standard InChI is InChI=1S/C19H25ClN4O2/c1-2-3-17(25)16-5-4-15(20)10-14(16)12-23-6-8-24(9-7-23)18-11-19(26)22-13-21-18/h4-5,10-11,13,17,25H,2-3,6-9,12H2,1H3,(H,21,22,26). The minimum Gasteiger partial charge on any atom is -0.388 e. The Bertz CT molecular complexity index is 787. The van der Waals surface area contributed by atoms with Crippen LogP contribution in [0.25, 0.3) is 0 Å². The average molecular weight is 377 g/mol. The normalized spacial score (nSPS) is 16.7. The lowest BCUT2D eigenvalue weighted by molar-refractivity contribution is 0.163. The van der Waals surface area contributed by atoms with Gasteiger partial charge in [0, 0.05) is 43.8 Å². The van der Waals surface area contributed by atoms with Crippen LogP contribution in [-0.2, 0) is 6.54 Å². The van der Waals surface area contributed by atoms with Gasteiger partial charge in [-0.05, 0) is 29.7 Å². The number of benzene rings is 1. The van der Waals surface area contributed by atoms with E-state index in [0.717, 1.165) is 62.5 Å². The van der Waals surface area contributed by atoms with Gasteiger partial charge < -0.3 is 15.0 Å². The van der Waals surface area contributed by atoms with Gasteiger partial charge in [-0.3, -0.25) is 9.69 Å². The van der Waals surface area contributed by atoms with Crippen LogP contribution < -0.4 is 10.5 Å². The monoisotopic (exact) mass is 376 g/mol. The second kappa shape index (κ2) is 8.66. The van der Waals surface area contributed by atoms with Crippen LogP contribution in [0.2, 0.25) is 5.02 Å². The van der Waals surface area contributed by atoms with Crippen molar-refractivity contribution in [2.75, 3.05) is 31.1 Å². The maximum atomic E-state index is 11.5. The van der Waals surface area contributed by atoms with Gasteiger partial charge in [-0.25, -0.2) is 4.98 Å². The fraction of sp³-hybridized carbons (Fsp3) is 0.474. The van der Waals surface area contributed by atoms with Crippen molar-refractivity contribution in [3.8, 4) is 0 Å². The topological polar surface area (TPSA) is 72.5 Å². The summed E-state index contributed by atoms with van der Waals surface area (Å²) in [5, 5.41) is 11.1. The highest BCUT2D eigenvalue weighted by molar-refractivity contribution is 6.30. The van der Waals surface area contributed by atoms with Crippen molar-refractivity contribution in [3.05, 3.63) is 57.1 Å². The molecule has 1 saturated heterocycles. The van der Waals surface area contributed by atoms with Crippen molar-refractivity contribution >= 4 is 17.4 Å². The van der Waals surface area contributed by atoms with E-state index in [1.165, 1.54) is 12.4 Å². The second-order valence-corrected chi connectivity index (χ2v) is 7.12. The van der Waals surface area contributed by atoms with Gasteiger partial charge in [0.15, 0.2) is 0 Å². The highest BCUT2D eigenvalue weighted by Gasteiger charge is 2.20. The molecule has 1 aromatic carbocycles. The Morgan fingerprint density at radius 3 is 2.73 bits per heavy atom. The number of aromatic amines is 1. The molecule has 1 aliphatic heterocycles. The summed E-state index contributed by atoms with van der Waals surface area (Å²) in [6.45, 7) is 6.18. The van der Waals surface area contributed by atoms with Crippen molar-refractivity contribution in [3.63, 3.8) is 0 Å². The molecule has 3 rings (SSSR count). The number of halogens is 1. The molecule has 1 aliphatic rings. The summed E-state index contributed by atoms with van der Waals surface area (Å²) in [4.78, 5) is 22.7. The van der Waals surface area contributed by atoms with E-state index >= 15 is 0 Å². The van der Waals surface area contributed by atoms with Gasteiger partial charge in [0.1, 0.15) is 5.82 Å². The van der Waals surface area contributed by atoms with Gasteiger partial charge >= 0.3 is 0 Å². The minimum absolute atomic E-state index is 0.133. The largest absolute Gasteiger partial charge is 0.388 e. The van der Waals surface area contributed by atoms with Crippen LogP contribution in [0.15, 0.2) is 35.4 Å². The van der Waals surface area contributed by atoms with Crippen molar-refractivity contribution in [1.82, 2.24) is 14.9 Å². The summed E-state index contributed by atoms with van der Waals surface area (Å²) in [5.74, 6) is 0.718. The van der Waals surface area contributed by atoms with Gasteiger partial charge in [0.2, 0.25) is 0 Å². The van der Waals surface area contributed by atoms with Crippen molar-refractivity contribution in [2.24, 2.45) is 0 Å². The number of hydrogen-bond acceptors (Lipinski definition) is 5. The Balaban J connectivity index is 1.66. The molecule has 0 bridgehead atoms. The lowest BCUT2D eigenvalue weighted by Gasteiger charge is -2.35. The number of aliphatic hydroxyl groups is 1. The van der Waals surface area contributed by atoms with E-state index in [4.69, 9.17) is 11.6 Å². The molecule has 0 radical (unpaired) electrons. The number of nitrogens with one attached hydrogen (secondary N) is 1. The van der Waals surface area contributed by atoms with E-state index < -0.39 is 6.10 Å². The van der Waals surface area contributed by atoms with Crippen molar-refractivity contribution < 1.29 is 5.11 Å². The van der Waals surface area contributed by atoms with Crippen LogP contribution in [-0.4, -0.2) is 46.2 Å². The van der Waals surface area contributed by atoms with E-state index in [1.807, 2.05) is 18.2 Å². The molecule has 0 saturated carbocycles. The maximum Gasteiger partial charge on any atom is 0.252 e. The number of aromatic nitrogens is 2. The van der Waals surface area contributed by atoms with Gasteiger partial charge in [0.25, 0.3) is 5.56 Å². The summed E-state index contributed by atoms with van der Waals surface area (Å²) in [5.41, 5.74) is 1.92. The number of anilines is 1. The highest BCUT2D eigenvalue weighted by Crippen LogP contribution is 2.26. The number of nitrogens with zero attached hydrogens (tertiary/aromatic N) is 3. The molecule has 1 fully saturated rings. The Hall–Kier alpha value is -1.89. The predicted octanol–water partition coefficient (Wildman–Crippen LogP) is 2.58. The number of aliphatic hydroxyl groups excluding tert-OH is 1. The second-order valence-electron chi connectivity index (χ2n) is 6.68. The molecule has 26 heavy (non-hydrogen) atoms. The molecule has 0 spiro atoms. The molecule has 2 N–H and O–H groups in total. The Kier molecular flexibility index (Phi) is 6.29. The predicted molar refractivity (Wildman–Crippen MR) is 104 cm³/mol. The zero-order valence-corrected chi connectivity index (χ0v) is 15.7. The van der Waals surface area contributed by atoms with Crippen molar-refractivity contribution in [1.29, 1.82) is 0 Å². The zero-order chi connectivity index (χ0) is 18.5. The van der Waals surface area contributed by atoms with E-state index in [9.17, 15) is 9.90 Å². The van der Waals surface area contributed by atoms with Gasteiger partial charge in [-0.2, -0.15) is 0 Å². The first-order chi connectivity index (χ1) is 12.6. The van der Waals surface area contributed by atoms with E-state index in [0.29, 0.717) is 5.02 Å². The molecule has 140 valence electrons. The first-order valence-electron chi connectivity index (χ1n) is 9.05. The molecule has 6 nitrogen and oxygen atoms in total. The molecular formula is C19H25ClN4O2. The first kappa shape index (κ1) is 18.9. The van der Waals surface area contributed by atoms with Crippen LogP contribution in [0.3, 0.4) is 0 Å². The number of piperazine rings is 1. The van der Waals surface area contributed by atoms with Gasteiger partial charge in [-0.15, -0.1) is 0 Å². The lowest BCUT2D eigenvalue weighted by Crippen LogP contribution is -2.46. The van der Waals surface area contributed by atoms with Crippen LogP contribution in [0.4, 0.5) is 5.82 Å². The summed E-state index contributed by atoms with van der Waals surface area (Å²) >= 11 is 6.19. The molecule has 0 amide bonds. The lowest BCUT2D eigenvalue weighted by atomic mass is 9.98. The SMILES string of the molecule is CCCC(O)c1ccc(Cl)cc1CN1CCN(c2cc(=O)[nH]cn2)CC1. The first-order valence-corrected chi connectivity index (χ1v) is 9.43. The quantitative estimate of drug-likeness (QED) is 0.810. The van der Waals surface area contributed by atoms with E-state index in [-0.39, 0.29) is 5.56 Å². The van der Waals surface area contributed by atoms with Crippen LogP contribution in [0.1, 0.15) is 37.0 Å². The molecule has 1 unspecified atom stereocenters. The third-order valence-corrected chi connectivity index (χ3v) is 5.02. The molecule has 1 atom stereocenters. The third kappa shape index (κ3) is 4.63. The summed E-state index contributed by atoms with van der Waals surface area (Å²) < 4.78 is 0. The van der Waals surface area contributed by atoms with Crippen LogP contribution >= 0.6 is 11.6 Å². The Morgan fingerprint density at radius 1 is 1.27 bits per heavy atom. The van der Waals surface area contributed by atoms with Crippen molar-refractivity contribution in [2.45, 2.75) is 32.4 Å². The van der Waals surface area contributed by atoms with Crippen LogP contribution in [0, 0.1) is 0 Å². The summed E-state index contributed by atoms with van der Waals surface area (Å²) in [6.07, 6.45) is 2.67. The zero-order valence-electron chi connectivity index (χ0n) is 15.0. The Morgan fingerprint density at radius 2 is 2.04 bits per heavy atom. The number of H-pyrrole nitrogens is 1. The van der Waals surface area contributed by atoms with E-state index in [2.05, 4.69) is 26.7 Å². The molecule has 1 aromatic heterocycles. The number of rotatable bonds is 6. The third-order valence-electron chi connectivity index (χ3n) is 4.78. The fourth-order valence-electron chi connectivity index (χ4n) is 3.37. The maximum absolute atomic E-state index is 11.5. The molecule has 0 aliphatic carbocycles. The number of hydrogen-bond donors (Lipinski definition) is 2. The molecule has 2 heterocycles. The Labute approximate surface area is 158 Å².